The molecular weight excluding hydrogens is 278 g/mol. The van der Waals surface area contributed by atoms with Gasteiger partial charge in [-0.1, -0.05) is 13.8 Å². The number of aliphatic hydroxyl groups excluding tert-OH is 1. The highest BCUT2D eigenvalue weighted by Gasteiger charge is 2.19. The molecule has 0 spiro atoms. The molecule has 1 unspecified atom stereocenters. The largest absolute Gasteiger partial charge is 0.391 e. The van der Waals surface area contributed by atoms with E-state index in [0.717, 1.165) is 0 Å². The second kappa shape index (κ2) is 5.72. The van der Waals surface area contributed by atoms with E-state index in [9.17, 15) is 14.7 Å². The molecule has 6 nitrogen and oxygen atoms in total. The van der Waals surface area contributed by atoms with E-state index in [4.69, 9.17) is 0 Å². The molecule has 7 heteroatoms. The highest BCUT2D eigenvalue weighted by Crippen LogP contribution is 2.26. The van der Waals surface area contributed by atoms with Crippen molar-refractivity contribution in [3.8, 4) is 0 Å². The zero-order valence-corrected chi connectivity index (χ0v) is 12.4. The van der Waals surface area contributed by atoms with Crippen molar-refractivity contribution in [3.05, 3.63) is 27.1 Å². The average molecular weight is 295 g/mol. The summed E-state index contributed by atoms with van der Waals surface area (Å²) in [5.74, 6) is -0.215. The number of rotatable bonds is 4. The van der Waals surface area contributed by atoms with Gasteiger partial charge in [0.2, 0.25) is 0 Å². The van der Waals surface area contributed by atoms with Crippen LogP contribution in [0.4, 0.5) is 0 Å². The fraction of sp³-hybridized carbons (Fsp3) is 0.462. The average Bonchev–Trinajstić information content (AvgIpc) is 2.74. The minimum absolute atomic E-state index is 0.0725. The van der Waals surface area contributed by atoms with Crippen molar-refractivity contribution in [2.24, 2.45) is 5.92 Å². The first-order chi connectivity index (χ1) is 9.41. The molecule has 3 N–H and O–H groups in total. The molecule has 2 aromatic heterocycles. The summed E-state index contributed by atoms with van der Waals surface area (Å²) in [5.41, 5.74) is 0.376. The predicted octanol–water partition coefficient (Wildman–Crippen LogP) is 1.04. The number of nitrogens with one attached hydrogen (secondary N) is 2. The van der Waals surface area contributed by atoms with E-state index in [1.165, 1.54) is 17.7 Å². The van der Waals surface area contributed by atoms with Gasteiger partial charge in [0.25, 0.3) is 11.5 Å². The van der Waals surface area contributed by atoms with Gasteiger partial charge in [0.15, 0.2) is 0 Å². The van der Waals surface area contributed by atoms with Crippen molar-refractivity contribution < 1.29 is 9.90 Å². The molecule has 0 aliphatic heterocycles. The second-order valence-electron chi connectivity index (χ2n) is 4.99. The number of carbonyl (C=O) groups excluding carboxylic acids is 1. The molecular formula is C13H17N3O3S. The van der Waals surface area contributed by atoms with Gasteiger partial charge in [-0.2, -0.15) is 0 Å². The van der Waals surface area contributed by atoms with E-state index in [-0.39, 0.29) is 23.9 Å². The first-order valence-electron chi connectivity index (χ1n) is 6.35. The van der Waals surface area contributed by atoms with E-state index < -0.39 is 6.10 Å². The van der Waals surface area contributed by atoms with Crippen LogP contribution in [0.5, 0.6) is 0 Å². The van der Waals surface area contributed by atoms with Crippen molar-refractivity contribution in [3.63, 3.8) is 0 Å². The Kier molecular flexibility index (Phi) is 4.20. The van der Waals surface area contributed by atoms with E-state index in [1.807, 2.05) is 13.8 Å². The molecule has 2 aromatic rings. The van der Waals surface area contributed by atoms with E-state index in [0.29, 0.717) is 20.7 Å². The normalized spacial score (nSPS) is 12.8. The van der Waals surface area contributed by atoms with E-state index in [2.05, 4.69) is 15.3 Å². The Morgan fingerprint density at radius 3 is 2.85 bits per heavy atom. The van der Waals surface area contributed by atoms with Gasteiger partial charge in [-0.15, -0.1) is 11.3 Å². The number of fused-ring (bicyclic) bond motifs is 1. The monoisotopic (exact) mass is 295 g/mol. The minimum Gasteiger partial charge on any atom is -0.391 e. The zero-order chi connectivity index (χ0) is 14.9. The number of aliphatic hydroxyl groups is 1. The van der Waals surface area contributed by atoms with Gasteiger partial charge in [-0.05, 0) is 18.4 Å². The quantitative estimate of drug-likeness (QED) is 0.785. The third kappa shape index (κ3) is 2.73. The first-order valence-corrected chi connectivity index (χ1v) is 7.16. The molecule has 1 amide bonds. The topological polar surface area (TPSA) is 95.1 Å². The number of hydrogen-bond donors (Lipinski definition) is 3. The molecule has 108 valence electrons. The Bertz CT molecular complexity index is 690. The van der Waals surface area contributed by atoms with Gasteiger partial charge in [0.1, 0.15) is 4.83 Å². The van der Waals surface area contributed by atoms with Gasteiger partial charge in [0, 0.05) is 6.54 Å². The van der Waals surface area contributed by atoms with Crippen LogP contribution in [0, 0.1) is 12.8 Å². The second-order valence-corrected chi connectivity index (χ2v) is 5.99. The lowest BCUT2D eigenvalue weighted by molar-refractivity contribution is 0.0875. The smallest absolute Gasteiger partial charge is 0.261 e. The molecule has 0 radical (unpaired) electrons. The Morgan fingerprint density at radius 1 is 1.55 bits per heavy atom. The Morgan fingerprint density at radius 2 is 2.25 bits per heavy atom. The lowest BCUT2D eigenvalue weighted by atomic mass is 10.1. The summed E-state index contributed by atoms with van der Waals surface area (Å²) in [6.07, 6.45) is 0.736. The van der Waals surface area contributed by atoms with E-state index in [1.54, 1.807) is 6.92 Å². The summed E-state index contributed by atoms with van der Waals surface area (Å²) in [6, 6.07) is 0. The van der Waals surface area contributed by atoms with Crippen LogP contribution in [-0.4, -0.2) is 33.6 Å². The Hall–Kier alpha value is -1.73. The van der Waals surface area contributed by atoms with Crippen molar-refractivity contribution in [2.75, 3.05) is 6.54 Å². The summed E-state index contributed by atoms with van der Waals surface area (Å²) in [5, 5.41) is 12.8. The molecule has 0 saturated carbocycles. The summed E-state index contributed by atoms with van der Waals surface area (Å²) in [6.45, 7) is 5.67. The summed E-state index contributed by atoms with van der Waals surface area (Å²) in [7, 11) is 0. The van der Waals surface area contributed by atoms with Crippen molar-refractivity contribution in [2.45, 2.75) is 26.9 Å². The molecule has 0 aromatic carbocycles. The summed E-state index contributed by atoms with van der Waals surface area (Å²) >= 11 is 1.18. The summed E-state index contributed by atoms with van der Waals surface area (Å²) in [4.78, 5) is 31.4. The maximum absolute atomic E-state index is 12.1. The van der Waals surface area contributed by atoms with Crippen LogP contribution >= 0.6 is 11.3 Å². The van der Waals surface area contributed by atoms with Crippen molar-refractivity contribution in [1.82, 2.24) is 15.3 Å². The van der Waals surface area contributed by atoms with Gasteiger partial charge < -0.3 is 15.4 Å². The van der Waals surface area contributed by atoms with Gasteiger partial charge in [-0.3, -0.25) is 9.59 Å². The standard InChI is InChI=1S/C13H17N3O3S/c1-6(2)8(17)4-14-12(19)10-7(3)9-11(18)15-5-16-13(9)20-10/h5-6,8,17H,4H2,1-3H3,(H,14,19)(H,15,16,18). The van der Waals surface area contributed by atoms with Crippen LogP contribution < -0.4 is 10.9 Å². The molecule has 0 fully saturated rings. The Balaban J connectivity index is 2.25. The first kappa shape index (κ1) is 14.7. The van der Waals surface area contributed by atoms with Gasteiger partial charge in [-0.25, -0.2) is 4.98 Å². The number of thiophene rings is 1. The number of aromatic nitrogens is 2. The van der Waals surface area contributed by atoms with E-state index >= 15 is 0 Å². The molecule has 0 bridgehead atoms. The van der Waals surface area contributed by atoms with Crippen LogP contribution in [0.2, 0.25) is 0 Å². The molecule has 0 aliphatic carbocycles. The zero-order valence-electron chi connectivity index (χ0n) is 11.6. The van der Waals surface area contributed by atoms with Crippen molar-refractivity contribution >= 4 is 27.5 Å². The summed E-state index contributed by atoms with van der Waals surface area (Å²) < 4.78 is 0. The van der Waals surface area contributed by atoms with Crippen LogP contribution in [0.25, 0.3) is 10.2 Å². The highest BCUT2D eigenvalue weighted by molar-refractivity contribution is 7.20. The molecule has 0 aliphatic rings. The maximum Gasteiger partial charge on any atom is 0.261 e. The number of aryl methyl sites for hydroxylation is 1. The third-order valence-corrected chi connectivity index (χ3v) is 4.38. The Labute approximate surface area is 119 Å². The van der Waals surface area contributed by atoms with Gasteiger partial charge in [0.05, 0.1) is 22.7 Å². The highest BCUT2D eigenvalue weighted by atomic mass is 32.1. The number of carbonyl (C=O) groups is 1. The molecule has 0 saturated heterocycles. The third-order valence-electron chi connectivity index (χ3n) is 3.18. The number of H-pyrrole nitrogens is 1. The van der Waals surface area contributed by atoms with Crippen molar-refractivity contribution in [1.29, 1.82) is 0 Å². The maximum atomic E-state index is 12.1. The fourth-order valence-electron chi connectivity index (χ4n) is 1.81. The van der Waals surface area contributed by atoms with Gasteiger partial charge >= 0.3 is 0 Å². The number of aromatic amines is 1. The number of amides is 1. The fourth-order valence-corrected chi connectivity index (χ4v) is 2.87. The van der Waals surface area contributed by atoms with Crippen LogP contribution in [0.15, 0.2) is 11.1 Å². The van der Waals surface area contributed by atoms with Crippen LogP contribution in [-0.2, 0) is 0 Å². The SMILES string of the molecule is Cc1c(C(=O)NCC(O)C(C)C)sc2nc[nH]c(=O)c12. The number of nitrogens with zero attached hydrogens (tertiary/aromatic N) is 1. The minimum atomic E-state index is -0.588. The molecule has 20 heavy (non-hydrogen) atoms. The van der Waals surface area contributed by atoms with Crippen LogP contribution in [0.3, 0.4) is 0 Å². The number of hydrogen-bond acceptors (Lipinski definition) is 5. The lowest BCUT2D eigenvalue weighted by Gasteiger charge is -2.14. The predicted molar refractivity (Wildman–Crippen MR) is 78.2 cm³/mol. The lowest BCUT2D eigenvalue weighted by Crippen LogP contribution is -2.34. The molecule has 2 heterocycles. The van der Waals surface area contributed by atoms with Crippen LogP contribution in [0.1, 0.15) is 29.1 Å². The molecule has 1 atom stereocenters. The molecule has 2 rings (SSSR count).